The predicted molar refractivity (Wildman–Crippen MR) is 92.4 cm³/mol. The van der Waals surface area contributed by atoms with E-state index in [4.69, 9.17) is 16.0 Å². The van der Waals surface area contributed by atoms with Crippen molar-refractivity contribution in [2.75, 3.05) is 5.75 Å². The highest BCUT2D eigenvalue weighted by atomic mass is 35.5. The second-order valence-electron chi connectivity index (χ2n) is 5.35. The first-order chi connectivity index (χ1) is 10.9. The quantitative estimate of drug-likeness (QED) is 0.692. The standard InChI is InChI=1S/C15H15ClO5S2/c1-6-8-3-2-7(4-10(8)21-14(20)11(6)16)23-15-13(19)12(18)9(17)5-22-15/h2-4,9,12-13,15,17-19H,5H2,1H3/t9-,12+,13-,15+/m1/s1. The van der Waals surface area contributed by atoms with Crippen molar-refractivity contribution in [3.05, 3.63) is 39.2 Å². The summed E-state index contributed by atoms with van der Waals surface area (Å²) >= 11 is 8.64. The van der Waals surface area contributed by atoms with E-state index in [1.54, 1.807) is 13.0 Å². The molecule has 1 fully saturated rings. The Morgan fingerprint density at radius 3 is 2.78 bits per heavy atom. The Kier molecular flexibility index (Phi) is 4.96. The molecule has 0 aliphatic carbocycles. The van der Waals surface area contributed by atoms with Crippen LogP contribution in [0.1, 0.15) is 5.56 Å². The van der Waals surface area contributed by atoms with Crippen LogP contribution >= 0.6 is 35.1 Å². The number of fused-ring (bicyclic) bond motifs is 1. The van der Waals surface area contributed by atoms with E-state index < -0.39 is 23.9 Å². The Morgan fingerprint density at radius 1 is 1.30 bits per heavy atom. The highest BCUT2D eigenvalue weighted by molar-refractivity contribution is 8.17. The van der Waals surface area contributed by atoms with Crippen LogP contribution in [-0.2, 0) is 0 Å². The van der Waals surface area contributed by atoms with Crippen molar-refractivity contribution < 1.29 is 19.7 Å². The average molecular weight is 375 g/mol. The Balaban J connectivity index is 1.90. The SMILES string of the molecule is Cc1c(Cl)c(=O)oc2cc(S[C@@H]3SC[C@@H](O)[C@H](O)[C@H]3O)ccc12. The number of rotatable bonds is 2. The first-order valence-corrected chi connectivity index (χ1v) is 9.24. The van der Waals surface area contributed by atoms with E-state index in [1.165, 1.54) is 23.5 Å². The van der Waals surface area contributed by atoms with Gasteiger partial charge in [-0.05, 0) is 30.7 Å². The molecule has 1 saturated heterocycles. The van der Waals surface area contributed by atoms with E-state index in [0.29, 0.717) is 16.9 Å². The number of hydrogen-bond donors (Lipinski definition) is 3. The van der Waals surface area contributed by atoms with Crippen molar-refractivity contribution in [3.63, 3.8) is 0 Å². The molecule has 1 aromatic carbocycles. The lowest BCUT2D eigenvalue weighted by atomic mass is 10.1. The van der Waals surface area contributed by atoms with E-state index in [9.17, 15) is 20.1 Å². The van der Waals surface area contributed by atoms with E-state index in [1.807, 2.05) is 12.1 Å². The predicted octanol–water partition coefficient (Wildman–Crippen LogP) is 2.00. The third-order valence-electron chi connectivity index (χ3n) is 3.77. The molecule has 1 aliphatic heterocycles. The zero-order valence-corrected chi connectivity index (χ0v) is 14.5. The molecule has 1 aromatic heterocycles. The molecule has 23 heavy (non-hydrogen) atoms. The maximum Gasteiger partial charge on any atom is 0.355 e. The largest absolute Gasteiger partial charge is 0.422 e. The van der Waals surface area contributed by atoms with E-state index in [-0.39, 0.29) is 9.60 Å². The average Bonchev–Trinajstić information content (AvgIpc) is 2.53. The topological polar surface area (TPSA) is 90.9 Å². The van der Waals surface area contributed by atoms with Crippen LogP contribution in [0.2, 0.25) is 5.02 Å². The normalized spacial score (nSPS) is 28.2. The fourth-order valence-corrected chi connectivity index (χ4v) is 5.22. The summed E-state index contributed by atoms with van der Waals surface area (Å²) in [4.78, 5) is 12.5. The van der Waals surface area contributed by atoms with Crippen LogP contribution in [0.4, 0.5) is 0 Å². The number of aliphatic hydroxyl groups is 3. The van der Waals surface area contributed by atoms with Crippen LogP contribution in [0.3, 0.4) is 0 Å². The van der Waals surface area contributed by atoms with Gasteiger partial charge in [0.2, 0.25) is 0 Å². The van der Waals surface area contributed by atoms with Gasteiger partial charge < -0.3 is 19.7 Å². The van der Waals surface area contributed by atoms with Crippen LogP contribution in [0, 0.1) is 6.92 Å². The molecule has 124 valence electrons. The van der Waals surface area contributed by atoms with Gasteiger partial charge in [0.15, 0.2) is 0 Å². The summed E-state index contributed by atoms with van der Waals surface area (Å²) in [5.41, 5.74) is 0.516. The summed E-state index contributed by atoms with van der Waals surface area (Å²) in [6, 6.07) is 5.38. The Hall–Kier alpha value is -0.700. The lowest BCUT2D eigenvalue weighted by Crippen LogP contribution is -2.47. The molecule has 3 N–H and O–H groups in total. The van der Waals surface area contributed by atoms with Gasteiger partial charge in [0, 0.05) is 16.0 Å². The van der Waals surface area contributed by atoms with Crippen molar-refractivity contribution in [3.8, 4) is 0 Å². The third-order valence-corrected chi connectivity index (χ3v) is 7.09. The highest BCUT2D eigenvalue weighted by Gasteiger charge is 2.37. The molecule has 3 rings (SSSR count). The van der Waals surface area contributed by atoms with Gasteiger partial charge in [0.05, 0.1) is 10.7 Å². The van der Waals surface area contributed by atoms with Gasteiger partial charge >= 0.3 is 5.63 Å². The van der Waals surface area contributed by atoms with Gasteiger partial charge in [-0.25, -0.2) is 4.79 Å². The smallest absolute Gasteiger partial charge is 0.355 e. The van der Waals surface area contributed by atoms with Gasteiger partial charge in [-0.2, -0.15) is 0 Å². The second kappa shape index (κ2) is 6.66. The molecule has 8 heteroatoms. The lowest BCUT2D eigenvalue weighted by molar-refractivity contribution is -0.0474. The van der Waals surface area contributed by atoms with Gasteiger partial charge in [-0.1, -0.05) is 11.6 Å². The van der Waals surface area contributed by atoms with E-state index >= 15 is 0 Å². The van der Waals surface area contributed by atoms with Crippen molar-refractivity contribution in [2.45, 2.75) is 34.7 Å². The summed E-state index contributed by atoms with van der Waals surface area (Å²) in [5, 5.41) is 30.2. The molecule has 0 radical (unpaired) electrons. The van der Waals surface area contributed by atoms with Crippen molar-refractivity contribution >= 4 is 46.1 Å². The molecule has 2 heterocycles. The van der Waals surface area contributed by atoms with E-state index in [0.717, 1.165) is 10.3 Å². The van der Waals surface area contributed by atoms with Gasteiger partial charge in [0.25, 0.3) is 0 Å². The highest BCUT2D eigenvalue weighted by Crippen LogP contribution is 2.39. The molecule has 4 atom stereocenters. The van der Waals surface area contributed by atoms with Crippen LogP contribution in [-0.4, -0.2) is 44.0 Å². The number of aliphatic hydroxyl groups excluding tert-OH is 3. The molecular formula is C15H15ClO5S2. The molecule has 0 unspecified atom stereocenters. The molecular weight excluding hydrogens is 360 g/mol. The molecule has 0 bridgehead atoms. The molecule has 5 nitrogen and oxygen atoms in total. The number of aryl methyl sites for hydroxylation is 1. The van der Waals surface area contributed by atoms with Crippen molar-refractivity contribution in [2.24, 2.45) is 0 Å². The first-order valence-electron chi connectivity index (χ1n) is 6.94. The van der Waals surface area contributed by atoms with Gasteiger partial charge in [-0.3, -0.25) is 0 Å². The number of hydrogen-bond acceptors (Lipinski definition) is 7. The maximum absolute atomic E-state index is 11.7. The minimum absolute atomic E-state index is 0.0771. The molecule has 0 saturated carbocycles. The van der Waals surface area contributed by atoms with Crippen LogP contribution in [0.25, 0.3) is 11.0 Å². The fourth-order valence-electron chi connectivity index (χ4n) is 2.40. The maximum atomic E-state index is 11.7. The molecule has 0 spiro atoms. The van der Waals surface area contributed by atoms with Crippen molar-refractivity contribution in [1.29, 1.82) is 0 Å². The van der Waals surface area contributed by atoms with Crippen molar-refractivity contribution in [1.82, 2.24) is 0 Å². The van der Waals surface area contributed by atoms with Crippen LogP contribution in [0.5, 0.6) is 0 Å². The van der Waals surface area contributed by atoms with Crippen LogP contribution in [0.15, 0.2) is 32.3 Å². The number of benzene rings is 1. The third kappa shape index (κ3) is 3.26. The van der Waals surface area contributed by atoms with Gasteiger partial charge in [-0.15, -0.1) is 23.5 Å². The number of thioether (sulfide) groups is 2. The molecule has 0 amide bonds. The molecule has 2 aromatic rings. The summed E-state index contributed by atoms with van der Waals surface area (Å²) in [6.07, 6.45) is -3.12. The summed E-state index contributed by atoms with van der Waals surface area (Å²) in [7, 11) is 0. The Morgan fingerprint density at radius 2 is 2.04 bits per heavy atom. The summed E-state index contributed by atoms with van der Waals surface area (Å²) in [6.45, 7) is 1.76. The zero-order valence-electron chi connectivity index (χ0n) is 12.1. The fraction of sp³-hybridized carbons (Fsp3) is 0.400. The summed E-state index contributed by atoms with van der Waals surface area (Å²) < 4.78 is 4.89. The Bertz CT molecular complexity index is 793. The lowest BCUT2D eigenvalue weighted by Gasteiger charge is -2.34. The summed E-state index contributed by atoms with van der Waals surface area (Å²) in [5.74, 6) is 0.354. The monoisotopic (exact) mass is 374 g/mol. The van der Waals surface area contributed by atoms with Gasteiger partial charge in [0.1, 0.15) is 22.8 Å². The number of halogens is 1. The van der Waals surface area contributed by atoms with Crippen LogP contribution < -0.4 is 5.63 Å². The Labute approximate surface area is 145 Å². The van der Waals surface area contributed by atoms with E-state index in [2.05, 4.69) is 0 Å². The second-order valence-corrected chi connectivity index (χ2v) is 8.42. The molecule has 1 aliphatic rings. The minimum Gasteiger partial charge on any atom is -0.422 e. The zero-order chi connectivity index (χ0) is 16.7. The minimum atomic E-state index is -1.16. The first kappa shape index (κ1) is 17.1.